The maximum atomic E-state index is 6.01. The van der Waals surface area contributed by atoms with Crippen molar-refractivity contribution in [3.8, 4) is 5.75 Å². The van der Waals surface area contributed by atoms with Gasteiger partial charge in [-0.1, -0.05) is 23.7 Å². The van der Waals surface area contributed by atoms with Crippen LogP contribution in [0.25, 0.3) is 0 Å². The molecule has 0 radical (unpaired) electrons. The van der Waals surface area contributed by atoms with E-state index in [2.05, 4.69) is 14.8 Å². The molecule has 0 unspecified atom stereocenters. The van der Waals surface area contributed by atoms with Gasteiger partial charge in [0, 0.05) is 13.0 Å². The monoisotopic (exact) mass is 249 g/mol. The van der Waals surface area contributed by atoms with Gasteiger partial charge in [0.05, 0.1) is 5.02 Å². The molecule has 0 N–H and O–H groups in total. The molecule has 2 heterocycles. The molecule has 3 rings (SSSR count). The number of para-hydroxylation sites is 1. The smallest absolute Gasteiger partial charge is 0.171 e. The average Bonchev–Trinajstić information content (AvgIpc) is 2.91. The number of aromatic nitrogens is 3. The summed E-state index contributed by atoms with van der Waals surface area (Å²) in [5, 5.41) is 8.88. The number of ether oxygens (including phenoxy) is 1. The molecular formula is C12H12ClN3O. The predicted molar refractivity (Wildman–Crippen MR) is 64.1 cm³/mol. The molecule has 88 valence electrons. The minimum Gasteiger partial charge on any atom is -0.484 e. The standard InChI is InChI=1S/C12H12ClN3O/c13-9-4-1-2-5-10(9)17-8-12-15-14-11-6-3-7-16(11)12/h1-2,4-5H,3,6-8H2. The number of halogens is 1. The van der Waals surface area contributed by atoms with Gasteiger partial charge in [-0.2, -0.15) is 0 Å². The summed E-state index contributed by atoms with van der Waals surface area (Å²) in [6.45, 7) is 1.40. The zero-order valence-electron chi connectivity index (χ0n) is 9.27. The summed E-state index contributed by atoms with van der Waals surface area (Å²) in [4.78, 5) is 0. The lowest BCUT2D eigenvalue weighted by molar-refractivity contribution is 0.289. The quantitative estimate of drug-likeness (QED) is 0.839. The van der Waals surface area contributed by atoms with Gasteiger partial charge in [-0.15, -0.1) is 10.2 Å². The molecule has 1 aromatic heterocycles. The Kier molecular flexibility index (Phi) is 2.73. The number of nitrogens with zero attached hydrogens (tertiary/aromatic N) is 3. The molecule has 0 atom stereocenters. The van der Waals surface area contributed by atoms with E-state index in [0.717, 1.165) is 31.0 Å². The fraction of sp³-hybridized carbons (Fsp3) is 0.333. The Balaban J connectivity index is 1.74. The first kappa shape index (κ1) is 10.6. The van der Waals surface area contributed by atoms with Crippen molar-refractivity contribution in [2.24, 2.45) is 0 Å². The number of hydrogen-bond acceptors (Lipinski definition) is 3. The van der Waals surface area contributed by atoms with Gasteiger partial charge < -0.3 is 9.30 Å². The summed E-state index contributed by atoms with van der Waals surface area (Å²) < 4.78 is 7.77. The fourth-order valence-corrected chi connectivity index (χ4v) is 2.21. The SMILES string of the molecule is Clc1ccccc1OCc1nnc2n1CCC2. The van der Waals surface area contributed by atoms with E-state index in [1.165, 1.54) is 0 Å². The van der Waals surface area contributed by atoms with Crippen LogP contribution in [-0.2, 0) is 19.6 Å². The van der Waals surface area contributed by atoms with Gasteiger partial charge in [-0.25, -0.2) is 0 Å². The minimum atomic E-state index is 0.413. The van der Waals surface area contributed by atoms with Gasteiger partial charge >= 0.3 is 0 Å². The van der Waals surface area contributed by atoms with Crippen LogP contribution in [0.4, 0.5) is 0 Å². The number of fused-ring (bicyclic) bond motifs is 1. The molecule has 1 aliphatic heterocycles. The van der Waals surface area contributed by atoms with Crippen LogP contribution in [0.3, 0.4) is 0 Å². The highest BCUT2D eigenvalue weighted by Gasteiger charge is 2.17. The van der Waals surface area contributed by atoms with Crippen LogP contribution in [0.5, 0.6) is 5.75 Å². The van der Waals surface area contributed by atoms with Gasteiger partial charge in [0.2, 0.25) is 0 Å². The third-order valence-corrected chi connectivity index (χ3v) is 3.19. The molecule has 4 nitrogen and oxygen atoms in total. The highest BCUT2D eigenvalue weighted by atomic mass is 35.5. The summed E-state index contributed by atoms with van der Waals surface area (Å²) in [6.07, 6.45) is 2.16. The first-order chi connectivity index (χ1) is 8.34. The number of benzene rings is 1. The molecular weight excluding hydrogens is 238 g/mol. The lowest BCUT2D eigenvalue weighted by atomic mass is 10.3. The third kappa shape index (κ3) is 2.00. The van der Waals surface area contributed by atoms with Crippen LogP contribution in [0.1, 0.15) is 18.1 Å². The normalized spacial score (nSPS) is 13.7. The number of aryl methyl sites for hydroxylation is 1. The summed E-state index contributed by atoms with van der Waals surface area (Å²) in [5.74, 6) is 2.62. The first-order valence-electron chi connectivity index (χ1n) is 5.63. The summed E-state index contributed by atoms with van der Waals surface area (Å²) in [5.41, 5.74) is 0. The van der Waals surface area contributed by atoms with E-state index in [9.17, 15) is 0 Å². The maximum absolute atomic E-state index is 6.01. The first-order valence-corrected chi connectivity index (χ1v) is 6.00. The largest absolute Gasteiger partial charge is 0.484 e. The highest BCUT2D eigenvalue weighted by Crippen LogP contribution is 2.24. The van der Waals surface area contributed by atoms with Crippen molar-refractivity contribution < 1.29 is 4.74 Å². The van der Waals surface area contributed by atoms with E-state index in [1.807, 2.05) is 24.3 Å². The second-order valence-corrected chi connectivity index (χ2v) is 4.41. The van der Waals surface area contributed by atoms with Crippen molar-refractivity contribution in [2.75, 3.05) is 0 Å². The van der Waals surface area contributed by atoms with E-state index < -0.39 is 0 Å². The van der Waals surface area contributed by atoms with Crippen LogP contribution in [0, 0.1) is 0 Å². The lowest BCUT2D eigenvalue weighted by Crippen LogP contribution is -2.05. The van der Waals surface area contributed by atoms with Crippen molar-refractivity contribution in [3.63, 3.8) is 0 Å². The molecule has 17 heavy (non-hydrogen) atoms. The summed E-state index contributed by atoms with van der Waals surface area (Å²) >= 11 is 6.01. The van der Waals surface area contributed by atoms with E-state index in [0.29, 0.717) is 17.4 Å². The second kappa shape index (κ2) is 4.37. The minimum absolute atomic E-state index is 0.413. The van der Waals surface area contributed by atoms with Gasteiger partial charge in [-0.3, -0.25) is 0 Å². The summed E-state index contributed by atoms with van der Waals surface area (Å²) in [7, 11) is 0. The van der Waals surface area contributed by atoms with Gasteiger partial charge in [0.15, 0.2) is 5.82 Å². The van der Waals surface area contributed by atoms with Gasteiger partial charge in [-0.05, 0) is 18.6 Å². The van der Waals surface area contributed by atoms with Gasteiger partial charge in [0.25, 0.3) is 0 Å². The Morgan fingerprint density at radius 3 is 3.06 bits per heavy atom. The Labute approximate surface area is 104 Å². The topological polar surface area (TPSA) is 39.9 Å². The zero-order valence-corrected chi connectivity index (χ0v) is 10.0. The molecule has 0 bridgehead atoms. The average molecular weight is 250 g/mol. The zero-order chi connectivity index (χ0) is 11.7. The molecule has 0 saturated heterocycles. The highest BCUT2D eigenvalue weighted by molar-refractivity contribution is 6.32. The predicted octanol–water partition coefficient (Wildman–Crippen LogP) is 2.46. The van der Waals surface area contributed by atoms with Gasteiger partial charge in [0.1, 0.15) is 18.2 Å². The van der Waals surface area contributed by atoms with Crippen LogP contribution in [0.15, 0.2) is 24.3 Å². The Morgan fingerprint density at radius 2 is 2.18 bits per heavy atom. The van der Waals surface area contributed by atoms with Crippen LogP contribution in [-0.4, -0.2) is 14.8 Å². The molecule has 0 aliphatic carbocycles. The Hall–Kier alpha value is -1.55. The van der Waals surface area contributed by atoms with Crippen molar-refractivity contribution in [2.45, 2.75) is 26.0 Å². The lowest BCUT2D eigenvalue weighted by Gasteiger charge is -2.07. The molecule has 5 heteroatoms. The maximum Gasteiger partial charge on any atom is 0.171 e. The van der Waals surface area contributed by atoms with Crippen molar-refractivity contribution in [1.82, 2.24) is 14.8 Å². The Bertz CT molecular complexity index is 538. The molecule has 0 saturated carbocycles. The Morgan fingerprint density at radius 1 is 1.29 bits per heavy atom. The second-order valence-electron chi connectivity index (χ2n) is 4.01. The van der Waals surface area contributed by atoms with Crippen LogP contribution >= 0.6 is 11.6 Å². The van der Waals surface area contributed by atoms with E-state index in [1.54, 1.807) is 0 Å². The summed E-state index contributed by atoms with van der Waals surface area (Å²) in [6, 6.07) is 7.44. The van der Waals surface area contributed by atoms with Crippen molar-refractivity contribution >= 4 is 11.6 Å². The van der Waals surface area contributed by atoms with E-state index >= 15 is 0 Å². The van der Waals surface area contributed by atoms with Crippen molar-refractivity contribution in [1.29, 1.82) is 0 Å². The van der Waals surface area contributed by atoms with Crippen molar-refractivity contribution in [3.05, 3.63) is 40.9 Å². The molecule has 0 spiro atoms. The molecule has 1 aromatic carbocycles. The number of hydrogen-bond donors (Lipinski definition) is 0. The number of rotatable bonds is 3. The third-order valence-electron chi connectivity index (χ3n) is 2.88. The van der Waals surface area contributed by atoms with Crippen LogP contribution < -0.4 is 4.74 Å². The van der Waals surface area contributed by atoms with E-state index in [-0.39, 0.29) is 0 Å². The van der Waals surface area contributed by atoms with E-state index in [4.69, 9.17) is 16.3 Å². The molecule has 1 aliphatic rings. The molecule has 0 fully saturated rings. The van der Waals surface area contributed by atoms with Crippen LogP contribution in [0.2, 0.25) is 5.02 Å². The fourth-order valence-electron chi connectivity index (χ4n) is 2.02. The molecule has 2 aromatic rings. The molecule has 0 amide bonds.